The van der Waals surface area contributed by atoms with Gasteiger partial charge in [0.15, 0.2) is 11.4 Å². The first-order valence-electron chi connectivity index (χ1n) is 10.1. The molecule has 3 aliphatic rings. The molecule has 3 aliphatic carbocycles. The van der Waals surface area contributed by atoms with Crippen LogP contribution in [0.25, 0.3) is 5.76 Å². The zero-order valence-corrected chi connectivity index (χ0v) is 18.0. The van der Waals surface area contributed by atoms with Crippen LogP contribution in [0.2, 0.25) is 0 Å². The maximum atomic E-state index is 13.7. The molecule has 1 saturated carbocycles. The molecule has 0 spiro atoms. The molecule has 1 aromatic carbocycles. The van der Waals surface area contributed by atoms with E-state index >= 15 is 0 Å². The van der Waals surface area contributed by atoms with E-state index in [0.29, 0.717) is 0 Å². The van der Waals surface area contributed by atoms with E-state index in [4.69, 9.17) is 5.73 Å². The van der Waals surface area contributed by atoms with Crippen molar-refractivity contribution in [1.82, 2.24) is 4.90 Å². The van der Waals surface area contributed by atoms with Gasteiger partial charge in [0.05, 0.1) is 40.7 Å². The van der Waals surface area contributed by atoms with Crippen molar-refractivity contribution in [1.29, 1.82) is 0 Å². The molecule has 0 heterocycles. The first kappa shape index (κ1) is 22.9. The summed E-state index contributed by atoms with van der Waals surface area (Å²) in [6.45, 7) is 1.25. The van der Waals surface area contributed by atoms with Crippen molar-refractivity contribution in [2.24, 2.45) is 17.6 Å². The summed E-state index contributed by atoms with van der Waals surface area (Å²) in [6, 6.07) is 2.50. The lowest BCUT2D eigenvalue weighted by Crippen LogP contribution is -2.71. The minimum absolute atomic E-state index is 0.00664. The van der Waals surface area contributed by atoms with E-state index in [9.17, 15) is 45.0 Å². The van der Waals surface area contributed by atoms with Crippen LogP contribution in [0, 0.1) is 11.8 Å². The number of rotatable bonds is 2. The van der Waals surface area contributed by atoms with Crippen LogP contribution in [-0.4, -0.2) is 84.9 Å². The van der Waals surface area contributed by atoms with Gasteiger partial charge >= 0.3 is 0 Å². The molecule has 8 N–H and O–H groups in total. The molecule has 0 bridgehead atoms. The maximum Gasteiger partial charge on any atom is 0.255 e. The van der Waals surface area contributed by atoms with E-state index in [1.165, 1.54) is 44.1 Å². The van der Waals surface area contributed by atoms with Gasteiger partial charge in [-0.15, -0.1) is 0 Å². The van der Waals surface area contributed by atoms with Crippen LogP contribution in [0.1, 0.15) is 18.1 Å². The van der Waals surface area contributed by atoms with E-state index in [-0.39, 0.29) is 11.1 Å². The Morgan fingerprint density at radius 2 is 1.73 bits per heavy atom. The van der Waals surface area contributed by atoms with E-state index < -0.39 is 81.1 Å². The van der Waals surface area contributed by atoms with E-state index in [1.54, 1.807) is 0 Å². The van der Waals surface area contributed by atoms with Crippen LogP contribution >= 0.6 is 0 Å². The van der Waals surface area contributed by atoms with E-state index in [0.717, 1.165) is 0 Å². The number of phenolic OH excluding ortho intramolecular Hbond substituents is 1. The molecule has 176 valence electrons. The number of fused-ring (bicyclic) bond motifs is 3. The predicted molar refractivity (Wildman–Crippen MR) is 112 cm³/mol. The van der Waals surface area contributed by atoms with E-state index in [1.807, 2.05) is 0 Å². The van der Waals surface area contributed by atoms with Gasteiger partial charge in [-0.05, 0) is 32.6 Å². The number of aliphatic hydroxyl groups is 5. The standard InChI is InChI=1S/C22H24N2O9/c1-21(32)7-5-4-6-8(25)9(7)15(26)10-12(21)17(28)13-14(24(2)3)16(27)11(20(23)31)19(30)22(13,33)18(10)29/h4-6,12-14,17,25-26,28,30,32-33H,1-3H3,(H2,23,31)/t12-,13+,14+,17+,21+,22+/m0/s1. The number of aliphatic hydroxyl groups excluding tert-OH is 3. The van der Waals surface area contributed by atoms with Crippen molar-refractivity contribution in [2.45, 2.75) is 30.3 Å². The van der Waals surface area contributed by atoms with Crippen molar-refractivity contribution in [3.05, 3.63) is 46.2 Å². The summed E-state index contributed by atoms with van der Waals surface area (Å²) in [4.78, 5) is 39.9. The van der Waals surface area contributed by atoms with E-state index in [2.05, 4.69) is 0 Å². The number of hydrogen-bond donors (Lipinski definition) is 7. The van der Waals surface area contributed by atoms with Gasteiger partial charge in [0.25, 0.3) is 5.91 Å². The van der Waals surface area contributed by atoms with Crippen LogP contribution in [-0.2, 0) is 20.0 Å². The summed E-state index contributed by atoms with van der Waals surface area (Å²) in [5.74, 6) is -9.67. The summed E-state index contributed by atoms with van der Waals surface area (Å²) in [5, 5.41) is 66.3. The third kappa shape index (κ3) is 2.61. The number of likely N-dealkylation sites (N-methyl/N-ethyl adjacent to an activating group) is 1. The highest BCUT2D eigenvalue weighted by molar-refractivity contribution is 6.24. The smallest absolute Gasteiger partial charge is 0.255 e. The average Bonchev–Trinajstić information content (AvgIpc) is 2.70. The van der Waals surface area contributed by atoms with Crippen LogP contribution in [0.5, 0.6) is 5.75 Å². The molecule has 0 unspecified atom stereocenters. The number of amides is 1. The summed E-state index contributed by atoms with van der Waals surface area (Å²) in [6.07, 6.45) is -1.87. The highest BCUT2D eigenvalue weighted by Crippen LogP contribution is 2.57. The lowest BCUT2D eigenvalue weighted by atomic mass is 9.53. The molecule has 1 amide bonds. The SMILES string of the molecule is CN(C)[C@H]1C(=O)C(C(N)=O)=C(O)[C@]2(O)C(=O)C3=C(O)c4c(O)cccc4[C@@](C)(O)[C@@H]3[C@@H](O)[C@@H]12. The first-order valence-corrected chi connectivity index (χ1v) is 10.1. The second-order valence-electron chi connectivity index (χ2n) is 9.06. The molecule has 0 radical (unpaired) electrons. The molecule has 1 fully saturated rings. The van der Waals surface area contributed by atoms with Gasteiger partial charge in [-0.25, -0.2) is 0 Å². The molecule has 0 aromatic heterocycles. The maximum absolute atomic E-state index is 13.7. The first-order chi connectivity index (χ1) is 15.2. The lowest BCUT2D eigenvalue weighted by Gasteiger charge is -2.55. The second kappa shape index (κ2) is 6.87. The Bertz CT molecular complexity index is 1180. The number of Topliss-reactive ketones (excluding diaryl/α,β-unsaturated/α-hetero) is 2. The van der Waals surface area contributed by atoms with Crippen LogP contribution in [0.15, 0.2) is 35.1 Å². The van der Waals surface area contributed by atoms with Crippen molar-refractivity contribution < 1.29 is 45.0 Å². The fourth-order valence-electron chi connectivity index (χ4n) is 5.60. The van der Waals surface area contributed by atoms with Gasteiger partial charge in [-0.1, -0.05) is 12.1 Å². The largest absolute Gasteiger partial charge is 0.508 e. The zero-order chi connectivity index (χ0) is 24.8. The van der Waals surface area contributed by atoms with Crippen molar-refractivity contribution >= 4 is 23.2 Å². The highest BCUT2D eigenvalue weighted by atomic mass is 16.4. The Balaban J connectivity index is 2.11. The monoisotopic (exact) mass is 460 g/mol. The number of carbonyl (C=O) groups is 3. The number of nitrogens with two attached hydrogens (primary N) is 1. The third-order valence-electron chi connectivity index (χ3n) is 7.03. The molecule has 0 saturated heterocycles. The molecular formula is C22H24N2O9. The van der Waals surface area contributed by atoms with Gasteiger partial charge in [0.1, 0.15) is 22.8 Å². The van der Waals surface area contributed by atoms with Gasteiger partial charge < -0.3 is 36.4 Å². The summed E-state index contributed by atoms with van der Waals surface area (Å²) in [7, 11) is 2.80. The zero-order valence-electron chi connectivity index (χ0n) is 18.0. The normalized spacial score (nSPS) is 36.0. The quantitative estimate of drug-likeness (QED) is 0.257. The number of benzene rings is 1. The van der Waals surface area contributed by atoms with Crippen LogP contribution in [0.3, 0.4) is 0 Å². The molecule has 11 nitrogen and oxygen atoms in total. The Labute approximate surface area is 187 Å². The number of phenols is 1. The van der Waals surface area contributed by atoms with Crippen molar-refractivity contribution in [2.75, 3.05) is 14.1 Å². The minimum atomic E-state index is -3.02. The molecule has 33 heavy (non-hydrogen) atoms. The minimum Gasteiger partial charge on any atom is -0.508 e. The molecule has 0 aliphatic heterocycles. The number of carbonyl (C=O) groups excluding carboxylic acids is 3. The van der Waals surface area contributed by atoms with Gasteiger partial charge in [0.2, 0.25) is 5.78 Å². The van der Waals surface area contributed by atoms with Crippen molar-refractivity contribution in [3.8, 4) is 5.75 Å². The molecule has 6 atom stereocenters. The Morgan fingerprint density at radius 1 is 1.12 bits per heavy atom. The second-order valence-corrected chi connectivity index (χ2v) is 9.06. The van der Waals surface area contributed by atoms with Gasteiger partial charge in [-0.2, -0.15) is 0 Å². The molecule has 4 rings (SSSR count). The van der Waals surface area contributed by atoms with Crippen LogP contribution in [0.4, 0.5) is 0 Å². The van der Waals surface area contributed by atoms with Gasteiger partial charge in [-0.3, -0.25) is 19.3 Å². The fraction of sp³-hybridized carbons (Fsp3) is 0.409. The lowest BCUT2D eigenvalue weighted by molar-refractivity contribution is -0.181. The molecule has 1 aromatic rings. The number of nitrogens with zero attached hydrogens (tertiary/aromatic N) is 1. The summed E-state index contributed by atoms with van der Waals surface area (Å²) >= 11 is 0. The Morgan fingerprint density at radius 3 is 2.27 bits per heavy atom. The Kier molecular flexibility index (Phi) is 4.78. The predicted octanol–water partition coefficient (Wildman–Crippen LogP) is -1.40. The molecular weight excluding hydrogens is 436 g/mol. The Hall–Kier alpha value is -3.25. The number of aromatic hydroxyl groups is 1. The summed E-state index contributed by atoms with van der Waals surface area (Å²) in [5.41, 5.74) is -1.78. The number of ketones is 2. The van der Waals surface area contributed by atoms with Crippen LogP contribution < -0.4 is 5.73 Å². The fourth-order valence-corrected chi connectivity index (χ4v) is 5.60. The van der Waals surface area contributed by atoms with Crippen molar-refractivity contribution in [3.63, 3.8) is 0 Å². The number of primary amides is 1. The average molecular weight is 460 g/mol. The third-order valence-corrected chi connectivity index (χ3v) is 7.03. The van der Waals surface area contributed by atoms with Gasteiger partial charge in [0, 0.05) is 0 Å². The highest BCUT2D eigenvalue weighted by Gasteiger charge is 2.70. The molecule has 11 heteroatoms. The summed E-state index contributed by atoms with van der Waals surface area (Å²) < 4.78 is 0. The number of hydrogen-bond acceptors (Lipinski definition) is 10. The topological polar surface area (TPSA) is 202 Å².